The largest absolute Gasteiger partial charge is 0.384 e. The van der Waals surface area contributed by atoms with E-state index in [2.05, 4.69) is 53.6 Å². The molecule has 29 heavy (non-hydrogen) atoms. The van der Waals surface area contributed by atoms with E-state index in [-0.39, 0.29) is 0 Å². The quantitative estimate of drug-likeness (QED) is 0.579. The van der Waals surface area contributed by atoms with Crippen LogP contribution in [0.2, 0.25) is 0 Å². The molecule has 0 fully saturated rings. The molecule has 0 saturated carbocycles. The van der Waals surface area contributed by atoms with Gasteiger partial charge in [0.05, 0.1) is 6.20 Å². The van der Waals surface area contributed by atoms with Crippen molar-refractivity contribution in [2.24, 2.45) is 5.10 Å². The van der Waals surface area contributed by atoms with Gasteiger partial charge in [0.2, 0.25) is 0 Å². The summed E-state index contributed by atoms with van der Waals surface area (Å²) in [6.45, 7) is 10.8. The molecule has 7 heteroatoms. The van der Waals surface area contributed by atoms with Crippen LogP contribution in [0.25, 0.3) is 5.65 Å². The summed E-state index contributed by atoms with van der Waals surface area (Å²) in [6, 6.07) is 1.93. The molecule has 2 aromatic rings. The minimum atomic E-state index is 0.668. The van der Waals surface area contributed by atoms with Gasteiger partial charge in [0.1, 0.15) is 5.82 Å². The fourth-order valence-corrected chi connectivity index (χ4v) is 2.49. The Balaban J connectivity index is 0.000000345. The summed E-state index contributed by atoms with van der Waals surface area (Å²) in [5.74, 6) is 0.668. The Morgan fingerprint density at radius 3 is 2.45 bits per heavy atom. The molecule has 0 aliphatic carbocycles. The second-order valence-corrected chi connectivity index (χ2v) is 6.86. The molecule has 0 atom stereocenters. The van der Waals surface area contributed by atoms with Crippen molar-refractivity contribution in [3.05, 3.63) is 35.8 Å². The van der Waals surface area contributed by atoms with E-state index in [0.29, 0.717) is 5.82 Å². The molecule has 3 rings (SSSR count). The Bertz CT molecular complexity index is 712. The number of nitrogens with zero attached hydrogens (tertiary/aromatic N) is 4. The van der Waals surface area contributed by atoms with Gasteiger partial charge in [-0.05, 0) is 38.8 Å². The number of anilines is 1. The van der Waals surface area contributed by atoms with Crippen molar-refractivity contribution >= 4 is 17.7 Å². The first-order valence-electron chi connectivity index (χ1n) is 10.9. The number of allylic oxidation sites excluding steroid dienone is 1. The zero-order valence-corrected chi connectivity index (χ0v) is 18.6. The average Bonchev–Trinajstić information content (AvgIpc) is 3.19. The van der Waals surface area contributed by atoms with Gasteiger partial charge in [-0.1, -0.05) is 46.6 Å². The Hall–Kier alpha value is -2.41. The molecule has 3 heterocycles. The van der Waals surface area contributed by atoms with Crippen LogP contribution >= 0.6 is 0 Å². The summed E-state index contributed by atoms with van der Waals surface area (Å²) in [7, 11) is 0. The summed E-state index contributed by atoms with van der Waals surface area (Å²) in [5.41, 5.74) is 11.8. The van der Waals surface area contributed by atoms with Crippen molar-refractivity contribution in [1.82, 2.24) is 25.3 Å². The van der Waals surface area contributed by atoms with Crippen LogP contribution in [0.3, 0.4) is 0 Å². The summed E-state index contributed by atoms with van der Waals surface area (Å²) >= 11 is 0. The number of hydrazone groups is 1. The third kappa shape index (κ3) is 9.56. The summed E-state index contributed by atoms with van der Waals surface area (Å²) in [5, 5.41) is 11.4. The van der Waals surface area contributed by atoms with E-state index in [9.17, 15) is 0 Å². The molecule has 162 valence electrons. The van der Waals surface area contributed by atoms with Crippen LogP contribution < -0.4 is 16.5 Å². The van der Waals surface area contributed by atoms with E-state index in [1.165, 1.54) is 19.3 Å². The lowest BCUT2D eigenvalue weighted by molar-refractivity contribution is 0.636. The Kier molecular flexibility index (Phi) is 13.2. The predicted octanol–water partition coefficient (Wildman–Crippen LogP) is 4.09. The maximum atomic E-state index is 6.02. The van der Waals surface area contributed by atoms with Crippen LogP contribution in [0.1, 0.15) is 71.1 Å². The molecular weight excluding hydrogens is 362 g/mol. The highest BCUT2D eigenvalue weighted by Gasteiger charge is 2.08. The van der Waals surface area contributed by atoms with E-state index in [1.807, 2.05) is 30.8 Å². The molecule has 0 unspecified atom stereocenters. The number of hydrogen-bond donors (Lipinski definition) is 3. The van der Waals surface area contributed by atoms with Crippen LogP contribution in [0.15, 0.2) is 29.6 Å². The van der Waals surface area contributed by atoms with Gasteiger partial charge in [0.15, 0.2) is 5.65 Å². The first-order chi connectivity index (χ1) is 14.2. The van der Waals surface area contributed by atoms with Crippen LogP contribution in [0, 0.1) is 0 Å². The third-order valence-electron chi connectivity index (χ3n) is 4.32. The molecular formula is C22H39N7. The highest BCUT2D eigenvalue weighted by Crippen LogP contribution is 2.15. The number of nitrogens with one attached hydrogen (secondary N) is 2. The molecule has 1 aliphatic rings. The fraction of sp³-hybridized carbons (Fsp3) is 0.591. The first-order valence-corrected chi connectivity index (χ1v) is 10.9. The standard InChI is InChI=1S/C14H23N5.C4H6N2.C4H10/c1-3-7-16-8-5-6-12-9-13(15)19-14(18-12)11(4-2)10-17-19;1-2-4-6-5-3-1;1-3-4-2/h9-10,16H,3-8,15H2,1-2H3;1,3-5H,2H2;3-4H2,1-2H3. The zero-order valence-electron chi connectivity index (χ0n) is 18.6. The average molecular weight is 402 g/mol. The van der Waals surface area contributed by atoms with E-state index in [0.717, 1.165) is 55.7 Å². The molecule has 1 aliphatic heterocycles. The van der Waals surface area contributed by atoms with Crippen molar-refractivity contribution in [3.63, 3.8) is 0 Å². The normalized spacial score (nSPS) is 12.0. The molecule has 0 saturated heterocycles. The molecule has 0 aromatic carbocycles. The number of unbranched alkanes of at least 4 members (excludes halogenated alkanes) is 1. The van der Waals surface area contributed by atoms with E-state index in [4.69, 9.17) is 5.73 Å². The molecule has 0 radical (unpaired) electrons. The predicted molar refractivity (Wildman–Crippen MR) is 124 cm³/mol. The number of rotatable bonds is 8. The minimum Gasteiger partial charge on any atom is -0.384 e. The summed E-state index contributed by atoms with van der Waals surface area (Å²) in [6.07, 6.45) is 15.2. The fourth-order valence-electron chi connectivity index (χ4n) is 2.49. The summed E-state index contributed by atoms with van der Waals surface area (Å²) in [4.78, 5) is 4.68. The smallest absolute Gasteiger partial charge is 0.160 e. The van der Waals surface area contributed by atoms with Gasteiger partial charge < -0.3 is 11.1 Å². The van der Waals surface area contributed by atoms with Crippen molar-refractivity contribution in [3.8, 4) is 0 Å². The van der Waals surface area contributed by atoms with Gasteiger partial charge in [0, 0.05) is 36.2 Å². The molecule has 7 nitrogen and oxygen atoms in total. The Labute approximate surface area is 175 Å². The van der Waals surface area contributed by atoms with Crippen molar-refractivity contribution in [2.45, 2.75) is 72.6 Å². The number of aromatic nitrogens is 3. The molecule has 0 spiro atoms. The Morgan fingerprint density at radius 1 is 1.14 bits per heavy atom. The molecule has 0 bridgehead atoms. The lowest BCUT2D eigenvalue weighted by Gasteiger charge is -2.06. The maximum Gasteiger partial charge on any atom is 0.160 e. The summed E-state index contributed by atoms with van der Waals surface area (Å²) < 4.78 is 1.72. The number of fused-ring (bicyclic) bond motifs is 1. The maximum absolute atomic E-state index is 6.02. The lowest BCUT2D eigenvalue weighted by Crippen LogP contribution is -2.16. The SMILES string of the molecule is C1=CNN=CC1.CCCC.CCCNCCCc1cc(N)n2ncc(CC)c2n1. The van der Waals surface area contributed by atoms with Crippen LogP contribution in [0.4, 0.5) is 5.82 Å². The second kappa shape index (κ2) is 15.5. The first kappa shape index (κ1) is 24.6. The van der Waals surface area contributed by atoms with Crippen molar-refractivity contribution < 1.29 is 0 Å². The number of nitrogens with two attached hydrogens (primary N) is 1. The highest BCUT2D eigenvalue weighted by molar-refractivity contribution is 5.59. The number of nitrogen functional groups attached to an aromatic ring is 1. The van der Waals surface area contributed by atoms with Gasteiger partial charge in [-0.15, -0.1) is 0 Å². The van der Waals surface area contributed by atoms with Crippen LogP contribution in [-0.4, -0.2) is 33.9 Å². The minimum absolute atomic E-state index is 0.668. The van der Waals surface area contributed by atoms with Gasteiger partial charge in [-0.2, -0.15) is 14.7 Å². The van der Waals surface area contributed by atoms with Crippen LogP contribution in [0.5, 0.6) is 0 Å². The molecule has 0 amide bonds. The van der Waals surface area contributed by atoms with Gasteiger partial charge in [0.25, 0.3) is 0 Å². The van der Waals surface area contributed by atoms with Gasteiger partial charge in [-0.25, -0.2) is 4.98 Å². The van der Waals surface area contributed by atoms with Gasteiger partial charge >= 0.3 is 0 Å². The van der Waals surface area contributed by atoms with Gasteiger partial charge in [-0.3, -0.25) is 5.43 Å². The highest BCUT2D eigenvalue weighted by atomic mass is 15.3. The van der Waals surface area contributed by atoms with Crippen molar-refractivity contribution in [2.75, 3.05) is 18.8 Å². The lowest BCUT2D eigenvalue weighted by atomic mass is 10.2. The van der Waals surface area contributed by atoms with E-state index >= 15 is 0 Å². The topological polar surface area (TPSA) is 92.6 Å². The second-order valence-electron chi connectivity index (χ2n) is 6.86. The number of aryl methyl sites for hydroxylation is 2. The Morgan fingerprint density at radius 2 is 1.93 bits per heavy atom. The number of hydrogen-bond acceptors (Lipinski definition) is 6. The van der Waals surface area contributed by atoms with E-state index in [1.54, 1.807) is 4.52 Å². The van der Waals surface area contributed by atoms with E-state index < -0.39 is 0 Å². The van der Waals surface area contributed by atoms with Crippen LogP contribution in [-0.2, 0) is 12.8 Å². The third-order valence-corrected chi connectivity index (χ3v) is 4.32. The monoisotopic (exact) mass is 401 g/mol. The molecule has 2 aromatic heterocycles. The molecule has 4 N–H and O–H groups in total. The zero-order chi connectivity index (χ0) is 21.3. The van der Waals surface area contributed by atoms with Crippen molar-refractivity contribution in [1.29, 1.82) is 0 Å².